The zero-order chi connectivity index (χ0) is 12.7. The molecule has 1 unspecified atom stereocenters. The van der Waals surface area contributed by atoms with E-state index in [9.17, 15) is 0 Å². The van der Waals surface area contributed by atoms with E-state index in [4.69, 9.17) is 15.2 Å². The van der Waals surface area contributed by atoms with Crippen LogP contribution < -0.4 is 5.73 Å². The summed E-state index contributed by atoms with van der Waals surface area (Å²) in [5.74, 6) is 0. The second kappa shape index (κ2) is 4.22. The molecule has 1 saturated heterocycles. The molecule has 0 aromatic heterocycles. The van der Waals surface area contributed by atoms with Crippen LogP contribution in [-0.4, -0.2) is 29.5 Å². The molecule has 1 heterocycles. The third-order valence-corrected chi connectivity index (χ3v) is 4.16. The minimum absolute atomic E-state index is 0.0778. The molecule has 0 bridgehead atoms. The number of ether oxygens (including phenoxy) is 2. The Labute approximate surface area is 105 Å². The summed E-state index contributed by atoms with van der Waals surface area (Å²) in [5, 5.41) is 0. The molecule has 1 atom stereocenters. The van der Waals surface area contributed by atoms with Crippen molar-refractivity contribution in [1.82, 2.24) is 0 Å². The zero-order valence-electron chi connectivity index (χ0n) is 11.7. The molecule has 2 N–H and O–H groups in total. The van der Waals surface area contributed by atoms with Gasteiger partial charge in [0.25, 0.3) is 0 Å². The van der Waals surface area contributed by atoms with Crippen LogP contribution in [0, 0.1) is 0 Å². The van der Waals surface area contributed by atoms with Crippen LogP contribution in [0.5, 0.6) is 0 Å². The van der Waals surface area contributed by atoms with Crippen LogP contribution in [0.3, 0.4) is 0 Å². The fourth-order valence-corrected chi connectivity index (χ4v) is 3.26. The van der Waals surface area contributed by atoms with Crippen LogP contribution in [0.25, 0.3) is 0 Å². The third kappa shape index (κ3) is 3.01. The lowest BCUT2D eigenvalue weighted by atomic mass is 9.96. The first-order chi connectivity index (χ1) is 7.73. The highest BCUT2D eigenvalue weighted by atomic mass is 16.6. The van der Waals surface area contributed by atoms with Gasteiger partial charge in [0.05, 0.1) is 23.9 Å². The maximum atomic E-state index is 6.33. The van der Waals surface area contributed by atoms with Gasteiger partial charge in [-0.1, -0.05) is 12.8 Å². The molecule has 2 rings (SSSR count). The third-order valence-electron chi connectivity index (χ3n) is 4.16. The SMILES string of the molecule is CC1(C)CC(OCC2(N)CCCC2)C(C)(C)O1. The van der Waals surface area contributed by atoms with Gasteiger partial charge in [0.15, 0.2) is 0 Å². The van der Waals surface area contributed by atoms with Gasteiger partial charge in [-0.2, -0.15) is 0 Å². The largest absolute Gasteiger partial charge is 0.373 e. The van der Waals surface area contributed by atoms with Gasteiger partial charge < -0.3 is 15.2 Å². The minimum atomic E-state index is -0.196. The van der Waals surface area contributed by atoms with Gasteiger partial charge in [0.1, 0.15) is 0 Å². The molecule has 0 aromatic rings. The Hall–Kier alpha value is -0.120. The normalized spacial score (nSPS) is 34.1. The topological polar surface area (TPSA) is 44.5 Å². The van der Waals surface area contributed by atoms with Crippen molar-refractivity contribution in [3.05, 3.63) is 0 Å². The van der Waals surface area contributed by atoms with E-state index in [0.717, 1.165) is 19.3 Å². The second-order valence-electron chi connectivity index (χ2n) is 7.04. The molecular formula is C14H27NO2. The van der Waals surface area contributed by atoms with Gasteiger partial charge in [0, 0.05) is 12.0 Å². The first-order valence-electron chi connectivity index (χ1n) is 6.83. The molecule has 0 aromatic carbocycles. The van der Waals surface area contributed by atoms with Crippen molar-refractivity contribution in [2.45, 2.75) is 82.6 Å². The molecule has 0 radical (unpaired) electrons. The Morgan fingerprint density at radius 3 is 2.24 bits per heavy atom. The first-order valence-corrected chi connectivity index (χ1v) is 6.83. The highest BCUT2D eigenvalue weighted by Crippen LogP contribution is 2.40. The lowest BCUT2D eigenvalue weighted by Crippen LogP contribution is -2.45. The molecule has 1 aliphatic heterocycles. The molecule has 3 nitrogen and oxygen atoms in total. The van der Waals surface area contributed by atoms with E-state index in [1.807, 2.05) is 0 Å². The Bertz CT molecular complexity index is 280. The van der Waals surface area contributed by atoms with Crippen molar-refractivity contribution in [2.75, 3.05) is 6.61 Å². The van der Waals surface area contributed by atoms with E-state index in [1.165, 1.54) is 12.8 Å². The quantitative estimate of drug-likeness (QED) is 0.826. The summed E-state index contributed by atoms with van der Waals surface area (Å²) in [6.45, 7) is 9.17. The highest BCUT2D eigenvalue weighted by Gasteiger charge is 2.47. The van der Waals surface area contributed by atoms with Crippen molar-refractivity contribution >= 4 is 0 Å². The number of hydrogen-bond acceptors (Lipinski definition) is 3. The maximum Gasteiger partial charge on any atom is 0.0895 e. The van der Waals surface area contributed by atoms with Gasteiger partial charge in [-0.05, 0) is 40.5 Å². The summed E-state index contributed by atoms with van der Waals surface area (Å²) >= 11 is 0. The number of hydrogen-bond donors (Lipinski definition) is 1. The Kier molecular flexibility index (Phi) is 3.30. The summed E-state index contributed by atoms with van der Waals surface area (Å²) in [5.41, 5.74) is 5.97. The van der Waals surface area contributed by atoms with Gasteiger partial charge >= 0.3 is 0 Å². The fraction of sp³-hybridized carbons (Fsp3) is 1.00. The van der Waals surface area contributed by atoms with E-state index < -0.39 is 0 Å². The van der Waals surface area contributed by atoms with Crippen molar-refractivity contribution in [2.24, 2.45) is 5.73 Å². The van der Waals surface area contributed by atoms with Crippen molar-refractivity contribution in [3.63, 3.8) is 0 Å². The molecule has 0 amide bonds. The van der Waals surface area contributed by atoms with Crippen LogP contribution in [0.4, 0.5) is 0 Å². The maximum absolute atomic E-state index is 6.33. The lowest BCUT2D eigenvalue weighted by Gasteiger charge is -2.30. The van der Waals surface area contributed by atoms with Crippen LogP contribution in [-0.2, 0) is 9.47 Å². The fourth-order valence-electron chi connectivity index (χ4n) is 3.26. The van der Waals surface area contributed by atoms with Gasteiger partial charge in [-0.15, -0.1) is 0 Å². The summed E-state index contributed by atoms with van der Waals surface area (Å²) in [6.07, 6.45) is 5.81. The lowest BCUT2D eigenvalue weighted by molar-refractivity contribution is -0.108. The van der Waals surface area contributed by atoms with Gasteiger partial charge in [0.2, 0.25) is 0 Å². The van der Waals surface area contributed by atoms with Crippen molar-refractivity contribution < 1.29 is 9.47 Å². The Balaban J connectivity index is 1.91. The molecule has 100 valence electrons. The average molecular weight is 241 g/mol. The minimum Gasteiger partial charge on any atom is -0.373 e. The predicted molar refractivity (Wildman–Crippen MR) is 69.0 cm³/mol. The smallest absolute Gasteiger partial charge is 0.0895 e. The summed E-state index contributed by atoms with van der Waals surface area (Å²) in [6, 6.07) is 0. The molecular weight excluding hydrogens is 214 g/mol. The standard InChI is InChI=1S/C14H27NO2/c1-12(2)9-11(13(3,4)17-12)16-10-14(15)7-5-6-8-14/h11H,5-10,15H2,1-4H3. The molecule has 0 spiro atoms. The van der Waals surface area contributed by atoms with E-state index in [1.54, 1.807) is 0 Å². The van der Waals surface area contributed by atoms with Crippen LogP contribution >= 0.6 is 0 Å². The molecule has 1 aliphatic carbocycles. The predicted octanol–water partition coefficient (Wildman–Crippen LogP) is 2.62. The van der Waals surface area contributed by atoms with E-state index in [0.29, 0.717) is 6.61 Å². The molecule has 3 heteroatoms. The first kappa shape index (κ1) is 13.3. The molecule has 17 heavy (non-hydrogen) atoms. The van der Waals surface area contributed by atoms with E-state index in [-0.39, 0.29) is 22.8 Å². The average Bonchev–Trinajstić information content (AvgIpc) is 2.65. The molecule has 2 aliphatic rings. The van der Waals surface area contributed by atoms with E-state index in [2.05, 4.69) is 27.7 Å². The molecule has 1 saturated carbocycles. The summed E-state index contributed by atoms with van der Waals surface area (Å²) < 4.78 is 12.1. The highest BCUT2D eigenvalue weighted by molar-refractivity contribution is 4.97. The van der Waals surface area contributed by atoms with Crippen molar-refractivity contribution in [3.8, 4) is 0 Å². The van der Waals surface area contributed by atoms with E-state index >= 15 is 0 Å². The van der Waals surface area contributed by atoms with Crippen LogP contribution in [0.1, 0.15) is 59.8 Å². The summed E-state index contributed by atoms with van der Waals surface area (Å²) in [4.78, 5) is 0. The van der Waals surface area contributed by atoms with Crippen molar-refractivity contribution in [1.29, 1.82) is 0 Å². The summed E-state index contributed by atoms with van der Waals surface area (Å²) in [7, 11) is 0. The number of rotatable bonds is 3. The number of nitrogens with two attached hydrogens (primary N) is 1. The van der Waals surface area contributed by atoms with Crippen LogP contribution in [0.15, 0.2) is 0 Å². The van der Waals surface area contributed by atoms with Crippen LogP contribution in [0.2, 0.25) is 0 Å². The van der Waals surface area contributed by atoms with Gasteiger partial charge in [-0.3, -0.25) is 0 Å². The van der Waals surface area contributed by atoms with Gasteiger partial charge in [-0.25, -0.2) is 0 Å². The zero-order valence-corrected chi connectivity index (χ0v) is 11.7. The Morgan fingerprint density at radius 2 is 1.76 bits per heavy atom. The molecule has 2 fully saturated rings. The second-order valence-corrected chi connectivity index (χ2v) is 7.04. The monoisotopic (exact) mass is 241 g/mol. The Morgan fingerprint density at radius 1 is 1.18 bits per heavy atom.